The molecule has 1 amide bonds. The first kappa shape index (κ1) is 14.5. The van der Waals surface area contributed by atoms with E-state index in [4.69, 9.17) is 5.11 Å². The summed E-state index contributed by atoms with van der Waals surface area (Å²) in [6.45, 7) is 4.89. The molecule has 0 spiro atoms. The number of piperidine rings is 1. The smallest absolute Gasteiger partial charge is 0.255 e. The molecule has 20 heavy (non-hydrogen) atoms. The van der Waals surface area contributed by atoms with E-state index in [2.05, 4.69) is 30.7 Å². The molecule has 0 aliphatic carbocycles. The highest BCUT2D eigenvalue weighted by molar-refractivity contribution is 5.94. The third-order valence-electron chi connectivity index (χ3n) is 3.93. The summed E-state index contributed by atoms with van der Waals surface area (Å²) < 4.78 is 0. The number of aliphatic hydroxyl groups excluding tert-OH is 1. The average molecular weight is 272 g/mol. The summed E-state index contributed by atoms with van der Waals surface area (Å²) in [7, 11) is 0. The largest absolute Gasteiger partial charge is 0.384 e. The standard InChI is InChI=1S/C16H20N2O2/c1-12-5-3-7-18(13(12)2)16(20)15-9-14(6-4-8-19)10-17-11-15/h9-13,19H,3,5,7-8H2,1-2H3. The van der Waals surface area contributed by atoms with E-state index in [9.17, 15) is 4.79 Å². The Morgan fingerprint density at radius 2 is 2.30 bits per heavy atom. The molecule has 4 heteroatoms. The zero-order valence-electron chi connectivity index (χ0n) is 12.0. The molecule has 1 aromatic rings. The molecule has 2 heterocycles. The molecule has 0 aromatic carbocycles. The van der Waals surface area contributed by atoms with Gasteiger partial charge in [-0.1, -0.05) is 18.8 Å². The van der Waals surface area contributed by atoms with Gasteiger partial charge in [0.1, 0.15) is 6.61 Å². The van der Waals surface area contributed by atoms with E-state index in [0.717, 1.165) is 13.0 Å². The average Bonchev–Trinajstić information content (AvgIpc) is 2.47. The topological polar surface area (TPSA) is 53.4 Å². The number of pyridine rings is 1. The maximum absolute atomic E-state index is 12.6. The number of likely N-dealkylation sites (tertiary alicyclic amines) is 1. The molecule has 106 valence electrons. The third kappa shape index (κ3) is 3.17. The van der Waals surface area contributed by atoms with Crippen LogP contribution in [0.3, 0.4) is 0 Å². The van der Waals surface area contributed by atoms with Crippen LogP contribution in [0.1, 0.15) is 42.6 Å². The van der Waals surface area contributed by atoms with E-state index in [-0.39, 0.29) is 18.6 Å². The van der Waals surface area contributed by atoms with Gasteiger partial charge in [0.15, 0.2) is 0 Å². The second-order valence-electron chi connectivity index (χ2n) is 5.28. The second kappa shape index (κ2) is 6.53. The Kier molecular flexibility index (Phi) is 4.75. The van der Waals surface area contributed by atoms with Gasteiger partial charge in [-0.3, -0.25) is 9.78 Å². The zero-order valence-corrected chi connectivity index (χ0v) is 12.0. The van der Waals surface area contributed by atoms with Gasteiger partial charge in [-0.15, -0.1) is 0 Å². The van der Waals surface area contributed by atoms with Crippen LogP contribution in [0, 0.1) is 17.8 Å². The van der Waals surface area contributed by atoms with Crippen molar-refractivity contribution in [3.05, 3.63) is 29.6 Å². The molecule has 4 nitrogen and oxygen atoms in total. The Labute approximate surface area is 119 Å². The number of carbonyl (C=O) groups is 1. The van der Waals surface area contributed by atoms with Crippen LogP contribution in [0.4, 0.5) is 0 Å². The van der Waals surface area contributed by atoms with Crippen LogP contribution in [0.15, 0.2) is 18.5 Å². The summed E-state index contributed by atoms with van der Waals surface area (Å²) in [5.41, 5.74) is 1.22. The number of aromatic nitrogens is 1. The second-order valence-corrected chi connectivity index (χ2v) is 5.28. The van der Waals surface area contributed by atoms with Crippen LogP contribution in [0.2, 0.25) is 0 Å². The number of hydrogen-bond donors (Lipinski definition) is 1. The Morgan fingerprint density at radius 3 is 3.05 bits per heavy atom. The van der Waals surface area contributed by atoms with E-state index in [1.165, 1.54) is 6.42 Å². The van der Waals surface area contributed by atoms with Crippen molar-refractivity contribution in [3.8, 4) is 11.8 Å². The minimum absolute atomic E-state index is 0.0178. The van der Waals surface area contributed by atoms with Crippen LogP contribution in [0.25, 0.3) is 0 Å². The summed E-state index contributed by atoms with van der Waals surface area (Å²) in [6.07, 6.45) is 5.40. The lowest BCUT2D eigenvalue weighted by atomic mass is 9.91. The number of carbonyl (C=O) groups excluding carboxylic acids is 1. The highest BCUT2D eigenvalue weighted by Crippen LogP contribution is 2.24. The van der Waals surface area contributed by atoms with Gasteiger partial charge < -0.3 is 10.0 Å². The van der Waals surface area contributed by atoms with Gasteiger partial charge in [0.05, 0.1) is 5.56 Å². The predicted molar refractivity (Wildman–Crippen MR) is 77.1 cm³/mol. The zero-order chi connectivity index (χ0) is 14.5. The fourth-order valence-electron chi connectivity index (χ4n) is 2.55. The van der Waals surface area contributed by atoms with Gasteiger partial charge in [0, 0.05) is 30.5 Å². The van der Waals surface area contributed by atoms with Gasteiger partial charge >= 0.3 is 0 Å². The van der Waals surface area contributed by atoms with Crippen LogP contribution < -0.4 is 0 Å². The van der Waals surface area contributed by atoms with E-state index >= 15 is 0 Å². The molecular formula is C16H20N2O2. The number of rotatable bonds is 1. The van der Waals surface area contributed by atoms with E-state index < -0.39 is 0 Å². The fourth-order valence-corrected chi connectivity index (χ4v) is 2.55. The summed E-state index contributed by atoms with van der Waals surface area (Å²) in [5, 5.41) is 8.70. The van der Waals surface area contributed by atoms with Crippen LogP contribution in [0.5, 0.6) is 0 Å². The molecule has 1 N–H and O–H groups in total. The lowest BCUT2D eigenvalue weighted by Gasteiger charge is -2.38. The minimum atomic E-state index is -0.196. The number of amides is 1. The van der Waals surface area contributed by atoms with Crippen LogP contribution in [-0.4, -0.2) is 40.1 Å². The van der Waals surface area contributed by atoms with Gasteiger partial charge in [0.25, 0.3) is 5.91 Å². The normalized spacial score (nSPS) is 22.1. The molecule has 1 aliphatic heterocycles. The molecule has 1 aromatic heterocycles. The minimum Gasteiger partial charge on any atom is -0.384 e. The van der Waals surface area contributed by atoms with Gasteiger partial charge in [0.2, 0.25) is 0 Å². The molecule has 2 rings (SSSR count). The summed E-state index contributed by atoms with van der Waals surface area (Å²) in [4.78, 5) is 18.6. The summed E-state index contributed by atoms with van der Waals surface area (Å²) in [5.74, 6) is 5.89. The molecule has 0 bridgehead atoms. The molecule has 0 radical (unpaired) electrons. The number of nitrogens with zero attached hydrogens (tertiary/aromatic N) is 2. The first-order valence-corrected chi connectivity index (χ1v) is 6.99. The Balaban J connectivity index is 2.20. The maximum atomic E-state index is 12.6. The molecule has 1 saturated heterocycles. The monoisotopic (exact) mass is 272 g/mol. The fraction of sp³-hybridized carbons (Fsp3) is 0.500. The lowest BCUT2D eigenvalue weighted by Crippen LogP contribution is -2.46. The summed E-state index contributed by atoms with van der Waals surface area (Å²) in [6, 6.07) is 1.99. The van der Waals surface area contributed by atoms with Crippen molar-refractivity contribution in [1.29, 1.82) is 0 Å². The van der Waals surface area contributed by atoms with Crippen molar-refractivity contribution in [2.45, 2.75) is 32.7 Å². The van der Waals surface area contributed by atoms with E-state index in [1.54, 1.807) is 18.5 Å². The SMILES string of the molecule is CC1CCCN(C(=O)c2cncc(C#CCO)c2)C1C. The summed E-state index contributed by atoms with van der Waals surface area (Å²) >= 11 is 0. The first-order valence-electron chi connectivity index (χ1n) is 6.99. The lowest BCUT2D eigenvalue weighted by molar-refractivity contribution is 0.0550. The van der Waals surface area contributed by atoms with Crippen LogP contribution in [-0.2, 0) is 0 Å². The van der Waals surface area contributed by atoms with E-state index in [1.807, 2.05) is 4.90 Å². The molecular weight excluding hydrogens is 252 g/mol. The van der Waals surface area contributed by atoms with Gasteiger partial charge in [-0.25, -0.2) is 0 Å². The highest BCUT2D eigenvalue weighted by Gasteiger charge is 2.29. The molecule has 0 saturated carbocycles. The Bertz CT molecular complexity index is 545. The Hall–Kier alpha value is -1.86. The quantitative estimate of drug-likeness (QED) is 0.791. The predicted octanol–water partition coefficient (Wildman–Crippen LogP) is 1.69. The number of aliphatic hydroxyl groups is 1. The maximum Gasteiger partial charge on any atom is 0.255 e. The molecule has 1 aliphatic rings. The first-order chi connectivity index (χ1) is 9.63. The van der Waals surface area contributed by atoms with Crippen molar-refractivity contribution in [1.82, 2.24) is 9.88 Å². The van der Waals surface area contributed by atoms with Crippen molar-refractivity contribution >= 4 is 5.91 Å². The van der Waals surface area contributed by atoms with E-state index in [0.29, 0.717) is 17.0 Å². The molecule has 1 fully saturated rings. The van der Waals surface area contributed by atoms with Crippen molar-refractivity contribution < 1.29 is 9.90 Å². The number of hydrogen-bond acceptors (Lipinski definition) is 3. The van der Waals surface area contributed by atoms with Gasteiger partial charge in [-0.2, -0.15) is 0 Å². The highest BCUT2D eigenvalue weighted by atomic mass is 16.2. The third-order valence-corrected chi connectivity index (χ3v) is 3.93. The van der Waals surface area contributed by atoms with Crippen molar-refractivity contribution in [2.75, 3.05) is 13.2 Å². The molecule has 2 unspecified atom stereocenters. The van der Waals surface area contributed by atoms with Gasteiger partial charge in [-0.05, 0) is 31.7 Å². The van der Waals surface area contributed by atoms with Crippen molar-refractivity contribution in [2.24, 2.45) is 5.92 Å². The Morgan fingerprint density at radius 1 is 1.50 bits per heavy atom. The van der Waals surface area contributed by atoms with Crippen molar-refractivity contribution in [3.63, 3.8) is 0 Å². The van der Waals surface area contributed by atoms with Crippen LogP contribution >= 0.6 is 0 Å². The molecule has 2 atom stereocenters.